The van der Waals surface area contributed by atoms with Crippen LogP contribution in [-0.4, -0.2) is 68.3 Å². The van der Waals surface area contributed by atoms with Crippen molar-refractivity contribution in [2.24, 2.45) is 0 Å². The van der Waals surface area contributed by atoms with Gasteiger partial charge in [0.05, 0.1) is 13.2 Å². The second-order valence-corrected chi connectivity index (χ2v) is 10.3. The number of halogens is 2. The standard InChI is InChI=1S/C31H38F2N4O/c32-28-6-1-24(2-7-28)19-31-21-27-20-29(33)8-5-26(27)23-37(31)14-11-34-22-25-3-9-30(10-4-25)35-12-13-36-15-17-38-18-16-36/h1-10,20,31,34-35H,11-19,21-23H2. The van der Waals surface area contributed by atoms with Crippen molar-refractivity contribution in [3.63, 3.8) is 0 Å². The zero-order valence-electron chi connectivity index (χ0n) is 22.0. The molecule has 7 heteroatoms. The Balaban J connectivity index is 1.09. The summed E-state index contributed by atoms with van der Waals surface area (Å²) in [5.41, 5.74) is 5.78. The van der Waals surface area contributed by atoms with Crippen molar-refractivity contribution in [2.45, 2.75) is 32.0 Å². The molecule has 202 valence electrons. The number of hydrogen-bond acceptors (Lipinski definition) is 5. The summed E-state index contributed by atoms with van der Waals surface area (Å²) in [6.45, 7) is 9.03. The summed E-state index contributed by atoms with van der Waals surface area (Å²) < 4.78 is 32.7. The number of ether oxygens (including phenoxy) is 1. The second-order valence-electron chi connectivity index (χ2n) is 10.3. The lowest BCUT2D eigenvalue weighted by Gasteiger charge is -2.37. The molecule has 1 unspecified atom stereocenters. The van der Waals surface area contributed by atoms with Gasteiger partial charge in [-0.15, -0.1) is 0 Å². The number of hydrogen-bond donors (Lipinski definition) is 2. The third kappa shape index (κ3) is 7.60. The van der Waals surface area contributed by atoms with E-state index in [1.54, 1.807) is 12.1 Å². The lowest BCUT2D eigenvalue weighted by Crippen LogP contribution is -2.44. The number of anilines is 1. The molecule has 0 saturated carbocycles. The second kappa shape index (κ2) is 13.3. The van der Waals surface area contributed by atoms with Crippen LogP contribution in [0.4, 0.5) is 14.5 Å². The highest BCUT2D eigenvalue weighted by Gasteiger charge is 2.26. The van der Waals surface area contributed by atoms with Crippen LogP contribution in [0.3, 0.4) is 0 Å². The number of benzene rings is 3. The van der Waals surface area contributed by atoms with Gasteiger partial charge in [0, 0.05) is 64.1 Å². The first kappa shape index (κ1) is 26.8. The van der Waals surface area contributed by atoms with E-state index < -0.39 is 0 Å². The van der Waals surface area contributed by atoms with E-state index in [0.29, 0.717) is 0 Å². The van der Waals surface area contributed by atoms with Crippen LogP contribution in [0.1, 0.15) is 22.3 Å². The smallest absolute Gasteiger partial charge is 0.123 e. The summed E-state index contributed by atoms with van der Waals surface area (Å²) in [6.07, 6.45) is 1.61. The van der Waals surface area contributed by atoms with Gasteiger partial charge in [0.25, 0.3) is 0 Å². The fourth-order valence-electron chi connectivity index (χ4n) is 5.40. The number of nitrogens with zero attached hydrogens (tertiary/aromatic N) is 2. The van der Waals surface area contributed by atoms with Gasteiger partial charge in [-0.1, -0.05) is 30.3 Å². The highest BCUT2D eigenvalue weighted by atomic mass is 19.1. The van der Waals surface area contributed by atoms with Crippen LogP contribution < -0.4 is 10.6 Å². The Labute approximate surface area is 224 Å². The van der Waals surface area contributed by atoms with Gasteiger partial charge in [0.2, 0.25) is 0 Å². The fourth-order valence-corrected chi connectivity index (χ4v) is 5.40. The van der Waals surface area contributed by atoms with Crippen LogP contribution in [-0.2, 0) is 30.7 Å². The first-order valence-corrected chi connectivity index (χ1v) is 13.7. The molecule has 3 aromatic carbocycles. The number of fused-ring (bicyclic) bond motifs is 1. The van der Waals surface area contributed by atoms with Crippen LogP contribution in [0.15, 0.2) is 66.7 Å². The summed E-state index contributed by atoms with van der Waals surface area (Å²) >= 11 is 0. The zero-order valence-corrected chi connectivity index (χ0v) is 22.0. The number of rotatable bonds is 11. The molecule has 38 heavy (non-hydrogen) atoms. The third-order valence-corrected chi connectivity index (χ3v) is 7.62. The first-order chi connectivity index (χ1) is 18.6. The van der Waals surface area contributed by atoms with Gasteiger partial charge in [-0.05, 0) is 71.5 Å². The number of nitrogens with one attached hydrogen (secondary N) is 2. The molecule has 1 atom stereocenters. The molecule has 5 rings (SSSR count). The molecule has 1 saturated heterocycles. The molecular formula is C31H38F2N4O. The van der Waals surface area contributed by atoms with Crippen molar-refractivity contribution in [3.8, 4) is 0 Å². The molecule has 0 radical (unpaired) electrons. The minimum absolute atomic E-state index is 0.183. The van der Waals surface area contributed by atoms with Gasteiger partial charge in [0.15, 0.2) is 0 Å². The predicted octanol–water partition coefficient (Wildman–Crippen LogP) is 4.47. The largest absolute Gasteiger partial charge is 0.384 e. The van der Waals surface area contributed by atoms with Crippen LogP contribution >= 0.6 is 0 Å². The summed E-state index contributed by atoms with van der Waals surface area (Å²) in [4.78, 5) is 4.90. The van der Waals surface area contributed by atoms with Gasteiger partial charge in [-0.2, -0.15) is 0 Å². The lowest BCUT2D eigenvalue weighted by molar-refractivity contribution is 0.0398. The van der Waals surface area contributed by atoms with E-state index >= 15 is 0 Å². The average molecular weight is 521 g/mol. The highest BCUT2D eigenvalue weighted by molar-refractivity contribution is 5.44. The molecule has 1 fully saturated rings. The molecule has 5 nitrogen and oxygen atoms in total. The molecule has 0 bridgehead atoms. The van der Waals surface area contributed by atoms with Crippen LogP contribution in [0.5, 0.6) is 0 Å². The molecule has 3 aromatic rings. The molecule has 2 aliphatic rings. The SMILES string of the molecule is Fc1ccc(CC2Cc3cc(F)ccc3CN2CCNCc2ccc(NCCN3CCOCC3)cc2)cc1. The molecule has 0 aromatic heterocycles. The van der Waals surface area contributed by atoms with E-state index in [0.717, 1.165) is 95.2 Å². The summed E-state index contributed by atoms with van der Waals surface area (Å²) in [6, 6.07) is 20.8. The minimum Gasteiger partial charge on any atom is -0.384 e. The maximum atomic E-state index is 13.9. The Hall–Kier alpha value is -2.84. The van der Waals surface area contributed by atoms with Gasteiger partial charge in [0.1, 0.15) is 11.6 Å². The maximum Gasteiger partial charge on any atom is 0.123 e. The van der Waals surface area contributed by atoms with E-state index in [2.05, 4.69) is 44.7 Å². The topological polar surface area (TPSA) is 39.8 Å². The molecule has 0 aliphatic carbocycles. The van der Waals surface area contributed by atoms with Gasteiger partial charge < -0.3 is 15.4 Å². The third-order valence-electron chi connectivity index (χ3n) is 7.62. The van der Waals surface area contributed by atoms with Crippen molar-refractivity contribution in [1.29, 1.82) is 0 Å². The van der Waals surface area contributed by atoms with Crippen molar-refractivity contribution in [1.82, 2.24) is 15.1 Å². The lowest BCUT2D eigenvalue weighted by atomic mass is 9.90. The summed E-state index contributed by atoms with van der Waals surface area (Å²) in [7, 11) is 0. The van der Waals surface area contributed by atoms with Gasteiger partial charge in [-0.25, -0.2) is 8.78 Å². The Morgan fingerprint density at radius 3 is 2.32 bits per heavy atom. The maximum absolute atomic E-state index is 13.9. The first-order valence-electron chi connectivity index (χ1n) is 13.7. The van der Waals surface area contributed by atoms with E-state index in [9.17, 15) is 8.78 Å². The van der Waals surface area contributed by atoms with E-state index in [-0.39, 0.29) is 17.7 Å². The van der Waals surface area contributed by atoms with Crippen molar-refractivity contribution in [3.05, 3.63) is 101 Å². The van der Waals surface area contributed by atoms with E-state index in [1.165, 1.54) is 23.3 Å². The Kier molecular flexibility index (Phi) is 9.36. The fraction of sp³-hybridized carbons (Fsp3) is 0.419. The molecular weight excluding hydrogens is 482 g/mol. The molecule has 2 heterocycles. The Bertz CT molecular complexity index is 1150. The van der Waals surface area contributed by atoms with Gasteiger partial charge >= 0.3 is 0 Å². The Morgan fingerprint density at radius 2 is 1.53 bits per heavy atom. The van der Waals surface area contributed by atoms with Crippen molar-refractivity contribution >= 4 is 5.69 Å². The minimum atomic E-state index is -0.220. The summed E-state index contributed by atoms with van der Waals surface area (Å²) in [5.74, 6) is -0.402. The molecule has 2 aliphatic heterocycles. The van der Waals surface area contributed by atoms with Gasteiger partial charge in [-0.3, -0.25) is 9.80 Å². The molecule has 0 spiro atoms. The van der Waals surface area contributed by atoms with Crippen molar-refractivity contribution in [2.75, 3.05) is 57.8 Å². The zero-order chi connectivity index (χ0) is 26.2. The summed E-state index contributed by atoms with van der Waals surface area (Å²) in [5, 5.41) is 7.10. The monoisotopic (exact) mass is 520 g/mol. The van der Waals surface area contributed by atoms with Crippen LogP contribution in [0.2, 0.25) is 0 Å². The van der Waals surface area contributed by atoms with E-state index in [1.807, 2.05) is 18.2 Å². The van der Waals surface area contributed by atoms with Crippen LogP contribution in [0, 0.1) is 11.6 Å². The van der Waals surface area contributed by atoms with Crippen molar-refractivity contribution < 1.29 is 13.5 Å². The predicted molar refractivity (Wildman–Crippen MR) is 148 cm³/mol. The normalized spacial score (nSPS) is 18.3. The Morgan fingerprint density at radius 1 is 0.789 bits per heavy atom. The molecule has 0 amide bonds. The quantitative estimate of drug-likeness (QED) is 0.365. The van der Waals surface area contributed by atoms with E-state index in [4.69, 9.17) is 4.74 Å². The highest BCUT2D eigenvalue weighted by Crippen LogP contribution is 2.26. The average Bonchev–Trinajstić information content (AvgIpc) is 2.94. The number of morpholine rings is 1. The van der Waals surface area contributed by atoms with Crippen LogP contribution in [0.25, 0.3) is 0 Å². The molecule has 2 N–H and O–H groups in total.